The third kappa shape index (κ3) is 2.09. The molecule has 0 spiro atoms. The normalized spacial score (nSPS) is 28.0. The summed E-state index contributed by atoms with van der Waals surface area (Å²) >= 11 is 0. The maximum Gasteiger partial charge on any atom is 0.160 e. The predicted molar refractivity (Wildman–Crippen MR) is 67.8 cm³/mol. The van der Waals surface area contributed by atoms with Crippen LogP contribution in [0.5, 0.6) is 0 Å². The number of halogens is 2. The Labute approximate surface area is 106 Å². The third-order valence-corrected chi connectivity index (χ3v) is 4.12. The number of fused-ring (bicyclic) bond motifs is 1. The molecule has 0 amide bonds. The first-order chi connectivity index (χ1) is 8.75. The van der Waals surface area contributed by atoms with E-state index in [1.54, 1.807) is 6.07 Å². The van der Waals surface area contributed by atoms with Gasteiger partial charge >= 0.3 is 0 Å². The van der Waals surface area contributed by atoms with E-state index in [9.17, 15) is 8.78 Å². The second kappa shape index (κ2) is 4.84. The Morgan fingerprint density at radius 3 is 2.78 bits per heavy atom. The van der Waals surface area contributed by atoms with Crippen LogP contribution in [0.1, 0.15) is 25.7 Å². The van der Waals surface area contributed by atoms with Crippen LogP contribution in [0.25, 0.3) is 0 Å². The number of rotatable bonds is 1. The van der Waals surface area contributed by atoms with Gasteiger partial charge in [-0.3, -0.25) is 0 Å². The number of nitrogens with zero attached hydrogens (tertiary/aromatic N) is 1. The van der Waals surface area contributed by atoms with E-state index in [2.05, 4.69) is 10.2 Å². The van der Waals surface area contributed by atoms with E-state index in [1.165, 1.54) is 31.4 Å². The van der Waals surface area contributed by atoms with Crippen molar-refractivity contribution >= 4 is 5.69 Å². The van der Waals surface area contributed by atoms with Gasteiger partial charge in [0.1, 0.15) is 0 Å². The number of benzene rings is 1. The first-order valence-corrected chi connectivity index (χ1v) is 6.71. The number of nitrogens with one attached hydrogen (secondary N) is 1. The van der Waals surface area contributed by atoms with E-state index in [4.69, 9.17) is 0 Å². The van der Waals surface area contributed by atoms with Gasteiger partial charge in [0.2, 0.25) is 0 Å². The summed E-state index contributed by atoms with van der Waals surface area (Å²) in [7, 11) is 0. The van der Waals surface area contributed by atoms with Crippen LogP contribution in [0, 0.1) is 11.6 Å². The topological polar surface area (TPSA) is 15.3 Å². The molecule has 0 unspecified atom stereocenters. The molecule has 3 rings (SSSR count). The summed E-state index contributed by atoms with van der Waals surface area (Å²) in [5, 5.41) is 3.54. The molecule has 0 radical (unpaired) electrons. The molecule has 1 heterocycles. The molecule has 98 valence electrons. The third-order valence-electron chi connectivity index (χ3n) is 4.12. The number of anilines is 1. The molecular weight excluding hydrogens is 234 g/mol. The van der Waals surface area contributed by atoms with Gasteiger partial charge in [0.05, 0.1) is 0 Å². The SMILES string of the molecule is Fc1ccc(N2CCN[C@H]3CCCC[C@H]32)cc1F. The Balaban J connectivity index is 1.87. The summed E-state index contributed by atoms with van der Waals surface area (Å²) < 4.78 is 26.3. The lowest BCUT2D eigenvalue weighted by Gasteiger charge is -2.46. The molecule has 1 aromatic carbocycles. The van der Waals surface area contributed by atoms with Crippen LogP contribution in [-0.4, -0.2) is 25.2 Å². The number of hydrogen-bond donors (Lipinski definition) is 1. The number of hydrogen-bond acceptors (Lipinski definition) is 2. The van der Waals surface area contributed by atoms with Crippen molar-refractivity contribution in [2.45, 2.75) is 37.8 Å². The van der Waals surface area contributed by atoms with Gasteiger partial charge < -0.3 is 10.2 Å². The van der Waals surface area contributed by atoms with Gasteiger partial charge in [-0.05, 0) is 25.0 Å². The quantitative estimate of drug-likeness (QED) is 0.826. The minimum Gasteiger partial charge on any atom is -0.366 e. The van der Waals surface area contributed by atoms with Crippen LogP contribution in [0.15, 0.2) is 18.2 Å². The summed E-state index contributed by atoms with van der Waals surface area (Å²) in [5.41, 5.74) is 0.812. The summed E-state index contributed by atoms with van der Waals surface area (Å²) in [6, 6.07) is 5.17. The lowest BCUT2D eigenvalue weighted by Crippen LogP contribution is -2.59. The zero-order valence-corrected chi connectivity index (χ0v) is 10.3. The van der Waals surface area contributed by atoms with Crippen molar-refractivity contribution in [1.82, 2.24) is 5.32 Å². The molecule has 2 nitrogen and oxygen atoms in total. The van der Waals surface area contributed by atoms with E-state index in [0.29, 0.717) is 12.1 Å². The minimum atomic E-state index is -0.769. The molecule has 2 aliphatic rings. The van der Waals surface area contributed by atoms with E-state index in [1.807, 2.05) is 0 Å². The van der Waals surface area contributed by atoms with Gasteiger partial charge in [-0.1, -0.05) is 12.8 Å². The molecule has 1 saturated heterocycles. The van der Waals surface area contributed by atoms with Crippen LogP contribution in [0.3, 0.4) is 0 Å². The van der Waals surface area contributed by atoms with E-state index >= 15 is 0 Å². The first kappa shape index (κ1) is 11.9. The van der Waals surface area contributed by atoms with Gasteiger partial charge in [-0.2, -0.15) is 0 Å². The zero-order valence-electron chi connectivity index (χ0n) is 10.3. The molecule has 1 aromatic rings. The Kier molecular flexibility index (Phi) is 3.20. The molecule has 0 aromatic heterocycles. The summed E-state index contributed by atoms with van der Waals surface area (Å²) in [6.07, 6.45) is 4.81. The lowest BCUT2D eigenvalue weighted by molar-refractivity contribution is 0.284. The highest BCUT2D eigenvalue weighted by Gasteiger charge is 2.33. The van der Waals surface area contributed by atoms with Crippen molar-refractivity contribution in [2.24, 2.45) is 0 Å². The second-order valence-electron chi connectivity index (χ2n) is 5.20. The zero-order chi connectivity index (χ0) is 12.5. The van der Waals surface area contributed by atoms with Crippen molar-refractivity contribution in [3.63, 3.8) is 0 Å². The molecule has 0 bridgehead atoms. The molecule has 1 aliphatic heterocycles. The smallest absolute Gasteiger partial charge is 0.160 e. The van der Waals surface area contributed by atoms with Gasteiger partial charge in [-0.25, -0.2) is 8.78 Å². The minimum absolute atomic E-state index is 0.428. The van der Waals surface area contributed by atoms with Crippen LogP contribution < -0.4 is 10.2 Å². The summed E-state index contributed by atoms with van der Waals surface area (Å²) in [5.74, 6) is -1.52. The van der Waals surface area contributed by atoms with Crippen molar-refractivity contribution < 1.29 is 8.78 Å². The Bertz CT molecular complexity index is 434. The van der Waals surface area contributed by atoms with Crippen molar-refractivity contribution in [2.75, 3.05) is 18.0 Å². The van der Waals surface area contributed by atoms with E-state index < -0.39 is 11.6 Å². The van der Waals surface area contributed by atoms with E-state index in [0.717, 1.165) is 25.2 Å². The maximum atomic E-state index is 13.3. The largest absolute Gasteiger partial charge is 0.366 e. The fourth-order valence-corrected chi connectivity index (χ4v) is 3.24. The second-order valence-corrected chi connectivity index (χ2v) is 5.20. The summed E-state index contributed by atoms with van der Waals surface area (Å²) in [6.45, 7) is 1.78. The van der Waals surface area contributed by atoms with Crippen molar-refractivity contribution in [3.8, 4) is 0 Å². The average molecular weight is 252 g/mol. The standard InChI is InChI=1S/C14H18F2N2/c15-11-6-5-10(9-12(11)16)18-8-7-17-13-3-1-2-4-14(13)18/h5-6,9,13-14,17H,1-4,7-8H2/t13-,14+/m0/s1. The van der Waals surface area contributed by atoms with Gasteiger partial charge in [-0.15, -0.1) is 0 Å². The Morgan fingerprint density at radius 1 is 1.11 bits per heavy atom. The Morgan fingerprint density at radius 2 is 1.94 bits per heavy atom. The fourth-order valence-electron chi connectivity index (χ4n) is 3.24. The van der Waals surface area contributed by atoms with Gasteiger partial charge in [0.25, 0.3) is 0 Å². The molecule has 18 heavy (non-hydrogen) atoms. The molecule has 1 N–H and O–H groups in total. The maximum absolute atomic E-state index is 13.3. The monoisotopic (exact) mass is 252 g/mol. The molecule has 1 aliphatic carbocycles. The van der Waals surface area contributed by atoms with Crippen LogP contribution in [0.2, 0.25) is 0 Å². The van der Waals surface area contributed by atoms with Crippen LogP contribution in [0.4, 0.5) is 14.5 Å². The van der Waals surface area contributed by atoms with Crippen LogP contribution >= 0.6 is 0 Å². The number of piperazine rings is 1. The molecule has 2 atom stereocenters. The lowest BCUT2D eigenvalue weighted by atomic mass is 9.87. The molecule has 2 fully saturated rings. The van der Waals surface area contributed by atoms with Crippen LogP contribution in [-0.2, 0) is 0 Å². The molecular formula is C14H18F2N2. The first-order valence-electron chi connectivity index (χ1n) is 6.71. The highest BCUT2D eigenvalue weighted by Crippen LogP contribution is 2.30. The highest BCUT2D eigenvalue weighted by atomic mass is 19.2. The predicted octanol–water partition coefficient (Wildman–Crippen LogP) is 2.69. The van der Waals surface area contributed by atoms with Gasteiger partial charge in [0, 0.05) is 36.9 Å². The molecule has 1 saturated carbocycles. The van der Waals surface area contributed by atoms with Gasteiger partial charge in [0.15, 0.2) is 11.6 Å². The highest BCUT2D eigenvalue weighted by molar-refractivity contribution is 5.49. The average Bonchev–Trinajstić information content (AvgIpc) is 2.41. The fraction of sp³-hybridized carbons (Fsp3) is 0.571. The summed E-state index contributed by atoms with van der Waals surface area (Å²) in [4.78, 5) is 2.24. The van der Waals surface area contributed by atoms with E-state index in [-0.39, 0.29) is 0 Å². The van der Waals surface area contributed by atoms with Crippen molar-refractivity contribution in [1.29, 1.82) is 0 Å². The Hall–Kier alpha value is -1.16. The molecule has 4 heteroatoms. The van der Waals surface area contributed by atoms with Crippen molar-refractivity contribution in [3.05, 3.63) is 29.8 Å².